The molecule has 0 aromatic carbocycles. The van der Waals surface area contributed by atoms with Crippen LogP contribution in [0, 0.1) is 0 Å². The predicted octanol–water partition coefficient (Wildman–Crippen LogP) is 11.7. The van der Waals surface area contributed by atoms with E-state index in [1.54, 1.807) is 42.5 Å². The maximum absolute atomic E-state index is 5.09. The highest BCUT2D eigenvalue weighted by atomic mass is 32.1. The number of fused-ring (bicyclic) bond motifs is 1. The van der Waals surface area contributed by atoms with Gasteiger partial charge in [0, 0.05) is 81.5 Å². The Hall–Kier alpha value is -5.17. The quantitative estimate of drug-likeness (QED) is 0.156. The first kappa shape index (κ1) is 51.0. The van der Waals surface area contributed by atoms with Crippen LogP contribution in [0.2, 0.25) is 0 Å². The van der Waals surface area contributed by atoms with Crippen molar-refractivity contribution in [2.24, 2.45) is 0 Å². The molecule has 0 aliphatic heterocycles. The lowest BCUT2D eigenvalue weighted by atomic mass is 9.89. The van der Waals surface area contributed by atoms with Crippen LogP contribution in [0.1, 0.15) is 158 Å². The van der Waals surface area contributed by atoms with Crippen LogP contribution >= 0.6 is 11.3 Å². The minimum absolute atomic E-state index is 0.0451. The standard InChI is InChI=1S/C11H14N2.2C8H12N2.C7H11NO.C7H11NS.C6H11N3/c1-11(2,3)9-8-12-10-6-4-5-7-13(9)10;1-8(2,3)7-4-9-6-10-5-7;1-8(2,3)7-9-5-4-6-10-7;2*1-7(2,3)6-8-4-5-9-6;1-6(2,3)5-7-4-8-9-5/h4-8H,1-3H3;2*4-6H,1-3H3;2*4-5H,1-3H3;4H,1-3H3,(H,7,8,9). The number of nitrogens with zero attached hydrogens (tertiary/aromatic N) is 10. The number of H-pyrrole nitrogens is 1. The van der Waals surface area contributed by atoms with E-state index < -0.39 is 0 Å². The molecule has 7 rings (SSSR count). The van der Waals surface area contributed by atoms with Crippen molar-refractivity contribution in [1.82, 2.24) is 54.5 Å². The van der Waals surface area contributed by atoms with Crippen molar-refractivity contribution in [3.63, 3.8) is 0 Å². The summed E-state index contributed by atoms with van der Waals surface area (Å²) in [5, 5.41) is 9.79. The van der Waals surface area contributed by atoms with Crippen LogP contribution in [0.15, 0.2) is 103 Å². The second-order valence-corrected chi connectivity index (χ2v) is 21.2. The number of pyridine rings is 1. The monoisotopic (exact) mass is 838 g/mol. The molecule has 0 aliphatic rings. The number of aromatic amines is 1. The molecule has 60 heavy (non-hydrogen) atoms. The SMILES string of the molecule is CC(C)(C)c1cnc2ccccn12.CC(C)(C)c1cncnc1.CC(C)(C)c1ncccn1.CC(C)(C)c1ncco1.CC(C)(C)c1nccs1.CC(C)(C)c1ncn[nH]1. The maximum Gasteiger partial charge on any atom is 0.199 e. The minimum Gasteiger partial charge on any atom is -0.448 e. The number of oxazole rings is 1. The molecular weight excluding hydrogens is 767 g/mol. The molecular formula is C47H71N11OS. The predicted molar refractivity (Wildman–Crippen MR) is 246 cm³/mol. The maximum atomic E-state index is 5.09. The molecule has 1 N–H and O–H groups in total. The van der Waals surface area contributed by atoms with Crippen LogP contribution in [0.4, 0.5) is 0 Å². The van der Waals surface area contributed by atoms with Crippen LogP contribution in [-0.2, 0) is 32.5 Å². The van der Waals surface area contributed by atoms with Crippen molar-refractivity contribution in [2.45, 2.75) is 157 Å². The summed E-state index contributed by atoms with van der Waals surface area (Å²) in [5.41, 5.74) is 4.21. The summed E-state index contributed by atoms with van der Waals surface area (Å²) in [6.45, 7) is 38.3. The number of hydrogen-bond donors (Lipinski definition) is 1. The lowest BCUT2D eigenvalue weighted by molar-refractivity contribution is 0.392. The normalized spacial score (nSPS) is 11.8. The highest BCUT2D eigenvalue weighted by Gasteiger charge is 2.20. The first-order chi connectivity index (χ1) is 27.6. The number of rotatable bonds is 0. The Kier molecular flexibility index (Phi) is 18.6. The summed E-state index contributed by atoms with van der Waals surface area (Å²) in [4.78, 5) is 32.8. The lowest BCUT2D eigenvalue weighted by Gasteiger charge is -2.17. The van der Waals surface area contributed by atoms with Crippen LogP contribution < -0.4 is 0 Å². The molecule has 0 bridgehead atoms. The third kappa shape index (κ3) is 18.4. The Morgan fingerprint density at radius 2 is 1.18 bits per heavy atom. The van der Waals surface area contributed by atoms with Gasteiger partial charge in [-0.1, -0.05) is 131 Å². The molecule has 0 amide bonds. The first-order valence-electron chi connectivity index (χ1n) is 20.2. The van der Waals surface area contributed by atoms with Crippen molar-refractivity contribution in [2.75, 3.05) is 0 Å². The molecule has 0 fully saturated rings. The van der Waals surface area contributed by atoms with Crippen molar-refractivity contribution in [1.29, 1.82) is 0 Å². The number of imidazole rings is 1. The molecule has 13 heteroatoms. The molecule has 0 atom stereocenters. The average molecular weight is 838 g/mol. The summed E-state index contributed by atoms with van der Waals surface area (Å²) in [6, 6.07) is 7.89. The molecule has 0 spiro atoms. The van der Waals surface area contributed by atoms with Crippen LogP contribution in [0.25, 0.3) is 5.65 Å². The minimum atomic E-state index is 0.0451. The molecule has 7 heterocycles. The van der Waals surface area contributed by atoms with Gasteiger partial charge in [0.05, 0.1) is 11.2 Å². The van der Waals surface area contributed by atoms with Crippen LogP contribution in [0.5, 0.6) is 0 Å². The Labute approximate surface area is 363 Å². The average Bonchev–Trinajstić information content (AvgIpc) is 4.00. The zero-order valence-electron chi connectivity index (χ0n) is 39.5. The van der Waals surface area contributed by atoms with Gasteiger partial charge < -0.3 is 8.82 Å². The van der Waals surface area contributed by atoms with Gasteiger partial charge in [0.15, 0.2) is 5.89 Å². The van der Waals surface area contributed by atoms with E-state index in [9.17, 15) is 0 Å². The van der Waals surface area contributed by atoms with Gasteiger partial charge in [-0.25, -0.2) is 39.9 Å². The summed E-state index contributed by atoms with van der Waals surface area (Å²) < 4.78 is 7.23. The van der Waals surface area contributed by atoms with E-state index in [1.807, 2.05) is 54.4 Å². The van der Waals surface area contributed by atoms with Gasteiger partial charge in [-0.05, 0) is 29.2 Å². The second-order valence-electron chi connectivity index (χ2n) is 20.3. The Balaban J connectivity index is 0.000000250. The fourth-order valence-corrected chi connectivity index (χ4v) is 5.34. The summed E-state index contributed by atoms with van der Waals surface area (Å²) in [6.07, 6.45) is 19.5. The fourth-order valence-electron chi connectivity index (χ4n) is 4.61. The zero-order valence-corrected chi connectivity index (χ0v) is 40.3. The van der Waals surface area contributed by atoms with Crippen LogP contribution in [-0.4, -0.2) is 54.5 Å². The van der Waals surface area contributed by atoms with Gasteiger partial charge in [-0.15, -0.1) is 11.3 Å². The summed E-state index contributed by atoms with van der Waals surface area (Å²) in [5.74, 6) is 2.63. The highest BCUT2D eigenvalue weighted by Crippen LogP contribution is 2.24. The van der Waals surface area contributed by atoms with Crippen molar-refractivity contribution in [3.8, 4) is 0 Å². The summed E-state index contributed by atoms with van der Waals surface area (Å²) >= 11 is 1.72. The third-order valence-corrected chi connectivity index (χ3v) is 9.32. The Morgan fingerprint density at radius 3 is 1.53 bits per heavy atom. The van der Waals surface area contributed by atoms with Crippen LogP contribution in [0.3, 0.4) is 0 Å². The van der Waals surface area contributed by atoms with Gasteiger partial charge >= 0.3 is 0 Å². The largest absolute Gasteiger partial charge is 0.448 e. The van der Waals surface area contributed by atoms with E-state index in [2.05, 4.69) is 185 Å². The van der Waals surface area contributed by atoms with Crippen molar-refractivity contribution < 1.29 is 4.42 Å². The Morgan fingerprint density at radius 1 is 0.550 bits per heavy atom. The van der Waals surface area contributed by atoms with E-state index in [-0.39, 0.29) is 32.5 Å². The van der Waals surface area contributed by atoms with Gasteiger partial charge in [-0.2, -0.15) is 5.10 Å². The summed E-state index contributed by atoms with van der Waals surface area (Å²) in [7, 11) is 0. The topological polar surface area (TPSA) is 149 Å². The van der Waals surface area contributed by atoms with Crippen molar-refractivity contribution in [3.05, 3.63) is 132 Å². The molecule has 7 aromatic rings. The van der Waals surface area contributed by atoms with Gasteiger partial charge in [-0.3, -0.25) is 5.10 Å². The van der Waals surface area contributed by atoms with Gasteiger partial charge in [0.25, 0.3) is 0 Å². The molecule has 7 aromatic heterocycles. The lowest BCUT2D eigenvalue weighted by Crippen LogP contribution is -2.14. The molecule has 0 saturated carbocycles. The molecule has 0 aliphatic carbocycles. The van der Waals surface area contributed by atoms with E-state index in [1.165, 1.54) is 22.6 Å². The number of hydrogen-bond acceptors (Lipinski definition) is 11. The third-order valence-electron chi connectivity index (χ3n) is 8.12. The second kappa shape index (κ2) is 21.9. The highest BCUT2D eigenvalue weighted by molar-refractivity contribution is 7.09. The smallest absolute Gasteiger partial charge is 0.199 e. The van der Waals surface area contributed by atoms with Gasteiger partial charge in [0.1, 0.15) is 36.2 Å². The number of aromatic nitrogens is 11. The Bertz CT molecular complexity index is 1980. The number of nitrogens with one attached hydrogen (secondary N) is 1. The molecule has 0 radical (unpaired) electrons. The zero-order chi connectivity index (χ0) is 45.4. The molecule has 326 valence electrons. The molecule has 0 saturated heterocycles. The molecule has 0 unspecified atom stereocenters. The number of thiazole rings is 1. The van der Waals surface area contributed by atoms with E-state index in [0.29, 0.717) is 0 Å². The fraction of sp³-hybridized carbons (Fsp3) is 0.511. The van der Waals surface area contributed by atoms with E-state index >= 15 is 0 Å². The molecule has 12 nitrogen and oxygen atoms in total. The van der Waals surface area contributed by atoms with Crippen molar-refractivity contribution >= 4 is 17.0 Å². The van der Waals surface area contributed by atoms with E-state index in [0.717, 1.165) is 23.2 Å². The first-order valence-corrected chi connectivity index (χ1v) is 21.1. The van der Waals surface area contributed by atoms with E-state index in [4.69, 9.17) is 4.42 Å². The van der Waals surface area contributed by atoms with Gasteiger partial charge in [0.2, 0.25) is 0 Å².